The van der Waals surface area contributed by atoms with Gasteiger partial charge in [-0.1, -0.05) is 13.5 Å². The molecule has 8 nitrogen and oxygen atoms in total. The van der Waals surface area contributed by atoms with E-state index in [-0.39, 0.29) is 6.42 Å². The number of hydrogen-bond acceptors (Lipinski definition) is 8. The molecule has 0 spiro atoms. The van der Waals surface area contributed by atoms with Crippen LogP contribution in [-0.4, -0.2) is 116 Å². The molecule has 2 fully saturated rings. The maximum absolute atomic E-state index is 13.3. The molecule has 32 heteroatoms. The molecule has 4 atom stereocenters. The monoisotopic (exact) mass is 1030 g/mol. The third-order valence-corrected chi connectivity index (χ3v) is 11.5. The summed E-state index contributed by atoms with van der Waals surface area (Å²) >= 11 is 0. The van der Waals surface area contributed by atoms with E-state index in [2.05, 4.69) is 11.3 Å². The standard InChI is InChI=1S/C18H22F12O4.C16H16F12O4/c1-4-12(2,3)11(31)34-10-6-8(13(32,15(19,20)21)16(22,23)24)5-9(7-10)14(33,17(25,26)27)18(28,29)30;1-6(2)10(29)32-9-4-7(11(30,13(17,18)19)14(20,21)22)3-8(5-9)12(31,15(23,24)25)16(26,27)28/h8-10,32-33H,4-7H2,1-3H3;7-9,30-31H,1,3-5H2,2H3. The van der Waals surface area contributed by atoms with Crippen LogP contribution in [0.5, 0.6) is 0 Å². The van der Waals surface area contributed by atoms with Crippen LogP contribution < -0.4 is 0 Å². The second-order valence-corrected chi connectivity index (χ2v) is 16.3. The van der Waals surface area contributed by atoms with E-state index in [1.165, 1.54) is 20.8 Å². The fourth-order valence-electron chi connectivity index (χ4n) is 7.29. The first kappa shape index (κ1) is 60.9. The highest BCUT2D eigenvalue weighted by Gasteiger charge is 2.80. The maximum atomic E-state index is 13.3. The van der Waals surface area contributed by atoms with Gasteiger partial charge in [0.1, 0.15) is 12.2 Å². The van der Waals surface area contributed by atoms with Crippen molar-refractivity contribution in [1.29, 1.82) is 0 Å². The lowest BCUT2D eigenvalue weighted by Crippen LogP contribution is -2.67. The van der Waals surface area contributed by atoms with Gasteiger partial charge in [0, 0.05) is 29.2 Å². The van der Waals surface area contributed by atoms with Crippen LogP contribution >= 0.6 is 0 Å². The van der Waals surface area contributed by atoms with Gasteiger partial charge in [-0.2, -0.15) is 105 Å². The molecule has 4 unspecified atom stereocenters. The van der Waals surface area contributed by atoms with E-state index in [4.69, 9.17) is 4.74 Å². The van der Waals surface area contributed by atoms with E-state index in [1.807, 2.05) is 0 Å². The van der Waals surface area contributed by atoms with Gasteiger partial charge >= 0.3 is 61.3 Å². The van der Waals surface area contributed by atoms with Gasteiger partial charge in [-0.05, 0) is 65.7 Å². The zero-order valence-electron chi connectivity index (χ0n) is 33.6. The third-order valence-electron chi connectivity index (χ3n) is 11.5. The Labute approximate surface area is 355 Å². The number of carbonyl (C=O) groups is 2. The summed E-state index contributed by atoms with van der Waals surface area (Å²) in [5.74, 6) is -16.4. The van der Waals surface area contributed by atoms with Crippen molar-refractivity contribution in [2.24, 2.45) is 29.1 Å². The molecule has 0 amide bonds. The first-order chi connectivity index (χ1) is 28.7. The van der Waals surface area contributed by atoms with Crippen molar-refractivity contribution in [2.45, 2.75) is 157 Å². The minimum atomic E-state index is -6.59. The number of aliphatic hydroxyl groups is 4. The quantitative estimate of drug-likeness (QED) is 0.102. The van der Waals surface area contributed by atoms with E-state index in [0.717, 1.165) is 6.92 Å². The van der Waals surface area contributed by atoms with Crippen LogP contribution in [0, 0.1) is 29.1 Å². The van der Waals surface area contributed by atoms with E-state index < -0.39 is 169 Å². The van der Waals surface area contributed by atoms with Gasteiger partial charge in [-0.25, -0.2) is 4.79 Å². The van der Waals surface area contributed by atoms with Crippen LogP contribution in [0.2, 0.25) is 0 Å². The summed E-state index contributed by atoms with van der Waals surface area (Å²) in [4.78, 5) is 23.8. The molecule has 2 aliphatic rings. The first-order valence-electron chi connectivity index (χ1n) is 18.2. The van der Waals surface area contributed by atoms with E-state index in [9.17, 15) is 135 Å². The van der Waals surface area contributed by atoms with Crippen molar-refractivity contribution < 1.29 is 145 Å². The van der Waals surface area contributed by atoms with E-state index in [0.29, 0.717) is 0 Å². The smallest absolute Gasteiger partial charge is 0.426 e. The Balaban J connectivity index is 0.000000661. The van der Waals surface area contributed by atoms with Crippen LogP contribution in [0.3, 0.4) is 0 Å². The van der Waals surface area contributed by atoms with Crippen molar-refractivity contribution in [1.82, 2.24) is 0 Å². The number of alkyl halides is 24. The molecule has 0 aromatic rings. The zero-order chi connectivity index (χ0) is 53.1. The van der Waals surface area contributed by atoms with Gasteiger partial charge in [0.15, 0.2) is 0 Å². The summed E-state index contributed by atoms with van der Waals surface area (Å²) < 4.78 is 327. The fraction of sp³-hybridized carbons (Fsp3) is 0.882. The van der Waals surface area contributed by atoms with Gasteiger partial charge in [0.25, 0.3) is 22.4 Å². The summed E-state index contributed by atoms with van der Waals surface area (Å²) in [6.07, 6.45) is -68.1. The Hall–Kier alpha value is -3.16. The molecule has 2 saturated carbocycles. The largest absolute Gasteiger partial charge is 0.462 e. The summed E-state index contributed by atoms with van der Waals surface area (Å²) in [5.41, 5.74) is -25.0. The number of esters is 2. The van der Waals surface area contributed by atoms with Crippen LogP contribution in [0.4, 0.5) is 105 Å². The molecule has 2 rings (SSSR count). The lowest BCUT2D eigenvalue weighted by atomic mass is 9.65. The Kier molecular flexibility index (Phi) is 17.2. The van der Waals surface area contributed by atoms with Crippen LogP contribution in [0.1, 0.15) is 72.6 Å². The Morgan fingerprint density at radius 2 is 0.636 bits per heavy atom. The predicted octanol–water partition coefficient (Wildman–Crippen LogP) is 10.1. The first-order valence-corrected chi connectivity index (χ1v) is 18.2. The maximum Gasteiger partial charge on any atom is 0.426 e. The Morgan fingerprint density at radius 3 is 0.803 bits per heavy atom. The second-order valence-electron chi connectivity index (χ2n) is 16.3. The minimum absolute atomic E-state index is 0.0184. The van der Waals surface area contributed by atoms with Gasteiger partial charge < -0.3 is 29.9 Å². The molecule has 2 aliphatic carbocycles. The van der Waals surface area contributed by atoms with Gasteiger partial charge in [0.05, 0.1) is 5.41 Å². The number of hydrogen-bond donors (Lipinski definition) is 4. The van der Waals surface area contributed by atoms with E-state index in [1.54, 1.807) is 0 Å². The third kappa shape index (κ3) is 11.5. The van der Waals surface area contributed by atoms with Crippen molar-refractivity contribution in [2.75, 3.05) is 0 Å². The molecule has 0 aliphatic heterocycles. The average Bonchev–Trinajstić information content (AvgIpc) is 3.09. The molecular formula is C34H38F24O8. The predicted molar refractivity (Wildman–Crippen MR) is 169 cm³/mol. The zero-order valence-corrected chi connectivity index (χ0v) is 33.6. The summed E-state index contributed by atoms with van der Waals surface area (Å²) in [6.45, 7) is 7.77. The molecule has 0 aromatic heterocycles. The molecule has 4 N–H and O–H groups in total. The Bertz CT molecular complexity index is 1550. The van der Waals surface area contributed by atoms with Crippen LogP contribution in [-0.2, 0) is 19.1 Å². The van der Waals surface area contributed by atoms with Crippen LogP contribution in [0.25, 0.3) is 0 Å². The highest BCUT2D eigenvalue weighted by atomic mass is 19.4. The topological polar surface area (TPSA) is 134 Å². The second kappa shape index (κ2) is 18.6. The highest BCUT2D eigenvalue weighted by Crippen LogP contribution is 2.60. The highest BCUT2D eigenvalue weighted by molar-refractivity contribution is 5.87. The molecule has 0 radical (unpaired) electrons. The average molecular weight is 1030 g/mol. The van der Waals surface area contributed by atoms with Gasteiger partial charge in [-0.15, -0.1) is 0 Å². The summed E-state index contributed by atoms with van der Waals surface area (Å²) in [6, 6.07) is 0. The van der Waals surface area contributed by atoms with Crippen molar-refractivity contribution in [3.05, 3.63) is 12.2 Å². The molecule has 0 aromatic carbocycles. The fourth-order valence-corrected chi connectivity index (χ4v) is 7.29. The van der Waals surface area contributed by atoms with Gasteiger partial charge in [0.2, 0.25) is 0 Å². The molecule has 0 heterocycles. The van der Waals surface area contributed by atoms with Crippen molar-refractivity contribution >= 4 is 11.9 Å². The van der Waals surface area contributed by atoms with Crippen molar-refractivity contribution in [3.8, 4) is 0 Å². The number of rotatable bonds is 9. The molecule has 66 heavy (non-hydrogen) atoms. The van der Waals surface area contributed by atoms with Crippen molar-refractivity contribution in [3.63, 3.8) is 0 Å². The van der Waals surface area contributed by atoms with Gasteiger partial charge in [-0.3, -0.25) is 4.79 Å². The van der Waals surface area contributed by atoms with E-state index >= 15 is 0 Å². The number of ether oxygens (including phenoxy) is 2. The molecule has 0 saturated heterocycles. The number of halogens is 24. The minimum Gasteiger partial charge on any atom is -0.462 e. The normalized spacial score (nSPS) is 24.2. The lowest BCUT2D eigenvalue weighted by Gasteiger charge is -2.48. The summed E-state index contributed by atoms with van der Waals surface area (Å²) in [7, 11) is 0. The summed E-state index contributed by atoms with van der Waals surface area (Å²) in [5, 5.41) is 38.3. The SMILES string of the molecule is C=C(C)C(=O)OC1CC(C(O)(C(F)(F)F)C(F)(F)F)CC(C(O)(C(F)(F)F)C(F)(F)F)C1.CCC(C)(C)C(=O)OC1CC(C(O)(C(F)(F)F)C(F)(F)F)CC(C(O)(C(F)(F)F)C(F)(F)F)C1. The Morgan fingerprint density at radius 1 is 0.439 bits per heavy atom. The van der Waals surface area contributed by atoms with Crippen LogP contribution in [0.15, 0.2) is 12.2 Å². The number of carbonyl (C=O) groups excluding carboxylic acids is 2. The molecular weight excluding hydrogens is 992 g/mol. The molecule has 390 valence electrons. The molecule has 0 bridgehead atoms. The lowest BCUT2D eigenvalue weighted by molar-refractivity contribution is -0.406.